The van der Waals surface area contributed by atoms with E-state index in [1.165, 1.54) is 23.3 Å². The van der Waals surface area contributed by atoms with Gasteiger partial charge in [-0.25, -0.2) is 0 Å². The summed E-state index contributed by atoms with van der Waals surface area (Å²) in [4.78, 5) is 26.3. The molecule has 2 heterocycles. The molecule has 2 amide bonds. The van der Waals surface area contributed by atoms with Crippen molar-refractivity contribution in [3.8, 4) is 0 Å². The number of thiophene rings is 1. The Hall–Kier alpha value is -0.630. The number of nitrogens with zero attached hydrogens (tertiary/aromatic N) is 1. The number of imide groups is 1. The third kappa shape index (κ3) is 3.03. The number of carbonyl (C=O) groups excluding carboxylic acids is 2. The molecule has 4 nitrogen and oxygen atoms in total. The number of rotatable bonds is 4. The van der Waals surface area contributed by atoms with Gasteiger partial charge in [-0.15, -0.1) is 11.3 Å². The van der Waals surface area contributed by atoms with E-state index in [1.54, 1.807) is 6.08 Å². The highest BCUT2D eigenvalue weighted by Crippen LogP contribution is 2.33. The third-order valence-electron chi connectivity index (χ3n) is 2.25. The van der Waals surface area contributed by atoms with Crippen LogP contribution in [0, 0.1) is 0 Å². The molecule has 0 bridgehead atoms. The van der Waals surface area contributed by atoms with Gasteiger partial charge in [-0.3, -0.25) is 14.5 Å². The molecule has 1 aliphatic rings. The summed E-state index contributed by atoms with van der Waals surface area (Å²) in [7, 11) is 1.54. The van der Waals surface area contributed by atoms with Crippen LogP contribution in [0.15, 0.2) is 20.8 Å². The summed E-state index contributed by atoms with van der Waals surface area (Å²) >= 11 is 5.84. The highest BCUT2D eigenvalue weighted by Gasteiger charge is 2.34. The van der Waals surface area contributed by atoms with E-state index in [4.69, 9.17) is 4.74 Å². The molecular weight excluding hydrogens is 338 g/mol. The quantitative estimate of drug-likeness (QED) is 0.784. The lowest BCUT2D eigenvalue weighted by Crippen LogP contribution is -2.31. The molecule has 0 spiro atoms. The largest absolute Gasteiger partial charge is 0.383 e. The maximum Gasteiger partial charge on any atom is 0.293 e. The Morgan fingerprint density at radius 3 is 2.89 bits per heavy atom. The molecule has 0 unspecified atom stereocenters. The Morgan fingerprint density at radius 2 is 2.28 bits per heavy atom. The van der Waals surface area contributed by atoms with Crippen LogP contribution in [0.4, 0.5) is 4.79 Å². The van der Waals surface area contributed by atoms with Gasteiger partial charge in [0.05, 0.1) is 18.1 Å². The number of ether oxygens (including phenoxy) is 1. The van der Waals surface area contributed by atoms with Crippen LogP contribution in [0.2, 0.25) is 0 Å². The van der Waals surface area contributed by atoms with Crippen LogP contribution >= 0.6 is 39.0 Å². The van der Waals surface area contributed by atoms with E-state index in [-0.39, 0.29) is 11.1 Å². The third-order valence-corrected chi connectivity index (χ3v) is 4.80. The molecule has 2 rings (SSSR count). The lowest BCUT2D eigenvalue weighted by molar-refractivity contribution is -0.123. The van der Waals surface area contributed by atoms with Crippen molar-refractivity contribution in [1.82, 2.24) is 4.90 Å². The summed E-state index contributed by atoms with van der Waals surface area (Å²) in [5.74, 6) is -0.244. The fourth-order valence-electron chi connectivity index (χ4n) is 1.41. The predicted molar refractivity (Wildman–Crippen MR) is 76.6 cm³/mol. The van der Waals surface area contributed by atoms with Crippen LogP contribution in [0.3, 0.4) is 0 Å². The van der Waals surface area contributed by atoms with E-state index in [1.807, 2.05) is 11.4 Å². The number of carbonyl (C=O) groups is 2. The van der Waals surface area contributed by atoms with Crippen molar-refractivity contribution < 1.29 is 14.3 Å². The minimum atomic E-state index is -0.244. The second-order valence-electron chi connectivity index (χ2n) is 3.49. The predicted octanol–water partition coefficient (Wildman–Crippen LogP) is 3.19. The van der Waals surface area contributed by atoms with Gasteiger partial charge in [0.1, 0.15) is 0 Å². The smallest absolute Gasteiger partial charge is 0.293 e. The Morgan fingerprint density at radius 1 is 1.50 bits per heavy atom. The maximum absolute atomic E-state index is 12.0. The summed E-state index contributed by atoms with van der Waals surface area (Å²) < 4.78 is 5.85. The summed E-state index contributed by atoms with van der Waals surface area (Å²) in [5, 5.41) is 1.69. The summed E-state index contributed by atoms with van der Waals surface area (Å²) in [6.45, 7) is 0.655. The molecule has 1 aliphatic heterocycles. The molecular formula is C11H10BrNO3S2. The van der Waals surface area contributed by atoms with Gasteiger partial charge in [0.2, 0.25) is 0 Å². The van der Waals surface area contributed by atoms with E-state index in [0.717, 1.165) is 21.1 Å². The molecule has 0 aromatic carbocycles. The van der Waals surface area contributed by atoms with Crippen LogP contribution in [0.5, 0.6) is 0 Å². The fourth-order valence-corrected chi connectivity index (χ4v) is 3.72. The Bertz CT molecular complexity index is 512. The molecule has 96 valence electrons. The van der Waals surface area contributed by atoms with Crippen molar-refractivity contribution in [2.24, 2.45) is 0 Å². The fraction of sp³-hybridized carbons (Fsp3) is 0.273. The van der Waals surface area contributed by atoms with Crippen molar-refractivity contribution in [2.75, 3.05) is 20.3 Å². The SMILES string of the molecule is COCCN1C(=O)S/C(=C\c2cc(Br)cs2)C1=O. The number of methoxy groups -OCH3 is 1. The van der Waals surface area contributed by atoms with Gasteiger partial charge in [0, 0.05) is 21.8 Å². The molecule has 1 aromatic heterocycles. The van der Waals surface area contributed by atoms with Gasteiger partial charge in [-0.05, 0) is 39.8 Å². The molecule has 7 heteroatoms. The molecule has 0 radical (unpaired) electrons. The molecule has 0 aliphatic carbocycles. The van der Waals surface area contributed by atoms with E-state index < -0.39 is 0 Å². The minimum Gasteiger partial charge on any atom is -0.383 e. The Labute approximate surface area is 121 Å². The normalized spacial score (nSPS) is 18.1. The Kier molecular flexibility index (Phi) is 4.60. The van der Waals surface area contributed by atoms with Crippen molar-refractivity contribution in [2.45, 2.75) is 0 Å². The van der Waals surface area contributed by atoms with Gasteiger partial charge >= 0.3 is 0 Å². The molecule has 18 heavy (non-hydrogen) atoms. The monoisotopic (exact) mass is 347 g/mol. The van der Waals surface area contributed by atoms with E-state index in [2.05, 4.69) is 15.9 Å². The van der Waals surface area contributed by atoms with Crippen LogP contribution < -0.4 is 0 Å². The first kappa shape index (κ1) is 13.8. The first-order chi connectivity index (χ1) is 8.61. The van der Waals surface area contributed by atoms with Gasteiger partial charge in [0.15, 0.2) is 0 Å². The summed E-state index contributed by atoms with van der Waals surface area (Å²) in [6, 6.07) is 1.91. The second-order valence-corrected chi connectivity index (χ2v) is 6.35. The zero-order valence-electron chi connectivity index (χ0n) is 9.51. The molecule has 0 saturated carbocycles. The Balaban J connectivity index is 2.14. The lowest BCUT2D eigenvalue weighted by Gasteiger charge is -2.10. The molecule has 0 N–H and O–H groups in total. The van der Waals surface area contributed by atoms with E-state index in [0.29, 0.717) is 18.1 Å². The highest BCUT2D eigenvalue weighted by atomic mass is 79.9. The number of thioether (sulfide) groups is 1. The van der Waals surface area contributed by atoms with Gasteiger partial charge in [0.25, 0.3) is 11.1 Å². The average molecular weight is 348 g/mol. The number of halogens is 1. The van der Waals surface area contributed by atoms with Gasteiger partial charge < -0.3 is 4.74 Å². The highest BCUT2D eigenvalue weighted by molar-refractivity contribution is 9.10. The number of hydrogen-bond acceptors (Lipinski definition) is 5. The van der Waals surface area contributed by atoms with E-state index >= 15 is 0 Å². The van der Waals surface area contributed by atoms with Crippen molar-refractivity contribution in [1.29, 1.82) is 0 Å². The molecule has 0 atom stereocenters. The number of amides is 2. The van der Waals surface area contributed by atoms with Crippen LogP contribution in [-0.4, -0.2) is 36.3 Å². The van der Waals surface area contributed by atoms with E-state index in [9.17, 15) is 9.59 Å². The van der Waals surface area contributed by atoms with Gasteiger partial charge in [-0.2, -0.15) is 0 Å². The minimum absolute atomic E-state index is 0.237. The maximum atomic E-state index is 12.0. The lowest BCUT2D eigenvalue weighted by atomic mass is 10.4. The van der Waals surface area contributed by atoms with Gasteiger partial charge in [-0.1, -0.05) is 0 Å². The first-order valence-corrected chi connectivity index (χ1v) is 7.59. The summed E-state index contributed by atoms with van der Waals surface area (Å²) in [6.07, 6.45) is 1.74. The second kappa shape index (κ2) is 6.01. The molecule has 1 saturated heterocycles. The van der Waals surface area contributed by atoms with Crippen LogP contribution in [0.1, 0.15) is 4.88 Å². The van der Waals surface area contributed by atoms with Crippen molar-refractivity contribution >= 4 is 56.3 Å². The topological polar surface area (TPSA) is 46.6 Å². The average Bonchev–Trinajstić information content (AvgIpc) is 2.84. The zero-order chi connectivity index (χ0) is 13.1. The van der Waals surface area contributed by atoms with Crippen molar-refractivity contribution in [3.63, 3.8) is 0 Å². The standard InChI is InChI=1S/C11H10BrNO3S2/c1-16-3-2-13-10(14)9(18-11(13)15)5-8-4-7(12)6-17-8/h4-6H,2-3H2,1H3/b9-5-. The molecule has 1 fully saturated rings. The number of hydrogen-bond donors (Lipinski definition) is 0. The molecule has 1 aromatic rings. The van der Waals surface area contributed by atoms with Crippen LogP contribution in [0.25, 0.3) is 6.08 Å². The van der Waals surface area contributed by atoms with Crippen LogP contribution in [-0.2, 0) is 9.53 Å². The first-order valence-electron chi connectivity index (χ1n) is 5.10. The summed E-state index contributed by atoms with van der Waals surface area (Å²) in [5.41, 5.74) is 0. The zero-order valence-corrected chi connectivity index (χ0v) is 12.7. The van der Waals surface area contributed by atoms with Crippen molar-refractivity contribution in [3.05, 3.63) is 25.7 Å².